The number of nitrogens with zero attached hydrogens (tertiary/aromatic N) is 3. The SMILES string of the molecule is CCc1cc2ncc(N)cn2n1. The molecule has 2 aromatic heterocycles. The quantitative estimate of drug-likeness (QED) is 0.677. The van der Waals surface area contributed by atoms with Crippen molar-refractivity contribution in [1.82, 2.24) is 14.6 Å². The van der Waals surface area contributed by atoms with Crippen LogP contribution in [0.3, 0.4) is 0 Å². The first kappa shape index (κ1) is 7.09. The first-order chi connectivity index (χ1) is 5.79. The molecule has 0 unspecified atom stereocenters. The van der Waals surface area contributed by atoms with Crippen LogP contribution in [-0.4, -0.2) is 14.6 Å². The second-order valence-corrected chi connectivity index (χ2v) is 2.68. The molecule has 0 spiro atoms. The van der Waals surface area contributed by atoms with Crippen LogP contribution in [-0.2, 0) is 6.42 Å². The summed E-state index contributed by atoms with van der Waals surface area (Å²) in [4.78, 5) is 4.12. The molecule has 0 amide bonds. The van der Waals surface area contributed by atoms with Gasteiger partial charge in [0.25, 0.3) is 0 Å². The Morgan fingerprint density at radius 1 is 1.58 bits per heavy atom. The summed E-state index contributed by atoms with van der Waals surface area (Å²) in [6.07, 6.45) is 4.32. The minimum absolute atomic E-state index is 0.633. The highest BCUT2D eigenvalue weighted by Crippen LogP contribution is 2.06. The van der Waals surface area contributed by atoms with E-state index < -0.39 is 0 Å². The first-order valence-corrected chi connectivity index (χ1v) is 3.89. The average Bonchev–Trinajstić information content (AvgIpc) is 2.46. The number of aryl methyl sites for hydroxylation is 1. The predicted octanol–water partition coefficient (Wildman–Crippen LogP) is 0.874. The van der Waals surface area contributed by atoms with Gasteiger partial charge in [-0.3, -0.25) is 0 Å². The number of hydrogen-bond acceptors (Lipinski definition) is 3. The Kier molecular flexibility index (Phi) is 1.46. The molecule has 2 rings (SSSR count). The number of rotatable bonds is 1. The number of anilines is 1. The van der Waals surface area contributed by atoms with Crippen LogP contribution >= 0.6 is 0 Å². The summed E-state index contributed by atoms with van der Waals surface area (Å²) >= 11 is 0. The summed E-state index contributed by atoms with van der Waals surface area (Å²) in [5, 5.41) is 4.27. The summed E-state index contributed by atoms with van der Waals surface area (Å²) in [6.45, 7) is 2.06. The number of fused-ring (bicyclic) bond motifs is 1. The highest BCUT2D eigenvalue weighted by Gasteiger charge is 1.99. The minimum Gasteiger partial charge on any atom is -0.396 e. The van der Waals surface area contributed by atoms with Crippen LogP contribution in [0.2, 0.25) is 0 Å². The smallest absolute Gasteiger partial charge is 0.155 e. The van der Waals surface area contributed by atoms with Gasteiger partial charge in [0.2, 0.25) is 0 Å². The number of hydrogen-bond donors (Lipinski definition) is 1. The Labute approximate surface area is 70.0 Å². The normalized spacial score (nSPS) is 10.8. The molecule has 62 valence electrons. The van der Waals surface area contributed by atoms with Crippen molar-refractivity contribution in [2.45, 2.75) is 13.3 Å². The maximum Gasteiger partial charge on any atom is 0.155 e. The molecule has 2 aromatic rings. The van der Waals surface area contributed by atoms with Crippen molar-refractivity contribution < 1.29 is 0 Å². The summed E-state index contributed by atoms with van der Waals surface area (Å²) in [7, 11) is 0. The van der Waals surface area contributed by atoms with Crippen molar-refractivity contribution in [3.63, 3.8) is 0 Å². The molecule has 0 aliphatic rings. The average molecular weight is 162 g/mol. The maximum atomic E-state index is 5.55. The van der Waals surface area contributed by atoms with Crippen LogP contribution in [0, 0.1) is 0 Å². The summed E-state index contributed by atoms with van der Waals surface area (Å²) in [5.74, 6) is 0. The molecule has 4 heteroatoms. The highest BCUT2D eigenvalue weighted by molar-refractivity contribution is 5.44. The number of nitrogen functional groups attached to an aromatic ring is 1. The minimum atomic E-state index is 0.633. The molecule has 0 saturated carbocycles. The lowest BCUT2D eigenvalue weighted by atomic mass is 10.3. The highest BCUT2D eigenvalue weighted by atomic mass is 15.2. The molecule has 0 aliphatic carbocycles. The molecule has 4 nitrogen and oxygen atoms in total. The Bertz CT molecular complexity index is 404. The first-order valence-electron chi connectivity index (χ1n) is 3.89. The van der Waals surface area contributed by atoms with Gasteiger partial charge in [0.15, 0.2) is 5.65 Å². The molecular weight excluding hydrogens is 152 g/mol. The Morgan fingerprint density at radius 2 is 2.42 bits per heavy atom. The van der Waals surface area contributed by atoms with Gasteiger partial charge in [-0.25, -0.2) is 9.50 Å². The lowest BCUT2D eigenvalue weighted by Gasteiger charge is -1.92. The van der Waals surface area contributed by atoms with Crippen LogP contribution in [0.5, 0.6) is 0 Å². The molecule has 0 bridgehead atoms. The van der Waals surface area contributed by atoms with Crippen molar-refractivity contribution in [3.8, 4) is 0 Å². The monoisotopic (exact) mass is 162 g/mol. The Hall–Kier alpha value is -1.58. The molecule has 0 saturated heterocycles. The van der Waals surface area contributed by atoms with E-state index in [1.165, 1.54) is 0 Å². The van der Waals surface area contributed by atoms with E-state index in [-0.39, 0.29) is 0 Å². The van der Waals surface area contributed by atoms with Crippen molar-refractivity contribution in [2.75, 3.05) is 5.73 Å². The summed E-state index contributed by atoms with van der Waals surface area (Å²) < 4.78 is 1.70. The third kappa shape index (κ3) is 1.01. The van der Waals surface area contributed by atoms with E-state index >= 15 is 0 Å². The Balaban J connectivity index is 2.67. The van der Waals surface area contributed by atoms with Crippen molar-refractivity contribution in [2.24, 2.45) is 0 Å². The van der Waals surface area contributed by atoms with E-state index in [1.807, 2.05) is 6.07 Å². The Morgan fingerprint density at radius 3 is 3.17 bits per heavy atom. The molecule has 0 atom stereocenters. The third-order valence-corrected chi connectivity index (χ3v) is 1.75. The van der Waals surface area contributed by atoms with Gasteiger partial charge in [0.05, 0.1) is 23.8 Å². The fraction of sp³-hybridized carbons (Fsp3) is 0.250. The van der Waals surface area contributed by atoms with E-state index in [1.54, 1.807) is 16.9 Å². The zero-order valence-electron chi connectivity index (χ0n) is 6.86. The van der Waals surface area contributed by atoms with Crippen LogP contribution in [0.1, 0.15) is 12.6 Å². The molecule has 0 radical (unpaired) electrons. The number of aromatic nitrogens is 3. The van der Waals surface area contributed by atoms with Crippen LogP contribution < -0.4 is 5.73 Å². The standard InChI is InChI=1S/C8H10N4/c1-2-7-3-8-10-4-6(9)5-12(8)11-7/h3-5H,2,9H2,1H3. The van der Waals surface area contributed by atoms with E-state index in [4.69, 9.17) is 5.73 Å². The van der Waals surface area contributed by atoms with E-state index in [0.717, 1.165) is 17.8 Å². The summed E-state index contributed by atoms with van der Waals surface area (Å²) in [6, 6.07) is 1.96. The van der Waals surface area contributed by atoms with Crippen LogP contribution in [0.25, 0.3) is 5.65 Å². The van der Waals surface area contributed by atoms with Crippen LogP contribution in [0.15, 0.2) is 18.5 Å². The van der Waals surface area contributed by atoms with Crippen molar-refractivity contribution >= 4 is 11.3 Å². The van der Waals surface area contributed by atoms with Gasteiger partial charge in [0.1, 0.15) is 0 Å². The lowest BCUT2D eigenvalue weighted by Crippen LogP contribution is -1.94. The van der Waals surface area contributed by atoms with E-state index in [0.29, 0.717) is 5.69 Å². The van der Waals surface area contributed by atoms with E-state index in [2.05, 4.69) is 17.0 Å². The lowest BCUT2D eigenvalue weighted by molar-refractivity contribution is 0.889. The topological polar surface area (TPSA) is 56.2 Å². The second-order valence-electron chi connectivity index (χ2n) is 2.68. The largest absolute Gasteiger partial charge is 0.396 e. The van der Waals surface area contributed by atoms with Gasteiger partial charge in [-0.15, -0.1) is 0 Å². The molecule has 0 aliphatic heterocycles. The number of nitrogens with two attached hydrogens (primary N) is 1. The zero-order valence-corrected chi connectivity index (χ0v) is 6.86. The maximum absolute atomic E-state index is 5.55. The van der Waals surface area contributed by atoms with Crippen molar-refractivity contribution in [1.29, 1.82) is 0 Å². The fourth-order valence-electron chi connectivity index (χ4n) is 1.11. The molecule has 12 heavy (non-hydrogen) atoms. The van der Waals surface area contributed by atoms with Gasteiger partial charge in [-0.05, 0) is 6.42 Å². The van der Waals surface area contributed by atoms with Gasteiger partial charge < -0.3 is 5.73 Å². The van der Waals surface area contributed by atoms with Gasteiger partial charge in [-0.1, -0.05) is 6.92 Å². The molecule has 2 heterocycles. The summed E-state index contributed by atoms with van der Waals surface area (Å²) in [5.41, 5.74) is 8.07. The predicted molar refractivity (Wildman–Crippen MR) is 46.8 cm³/mol. The molecule has 0 aromatic carbocycles. The van der Waals surface area contributed by atoms with Gasteiger partial charge in [0, 0.05) is 6.07 Å². The van der Waals surface area contributed by atoms with Gasteiger partial charge in [-0.2, -0.15) is 5.10 Å². The third-order valence-electron chi connectivity index (χ3n) is 1.75. The molecular formula is C8H10N4. The van der Waals surface area contributed by atoms with Crippen LogP contribution in [0.4, 0.5) is 5.69 Å². The van der Waals surface area contributed by atoms with E-state index in [9.17, 15) is 0 Å². The zero-order chi connectivity index (χ0) is 8.55. The molecule has 0 fully saturated rings. The fourth-order valence-corrected chi connectivity index (χ4v) is 1.11. The van der Waals surface area contributed by atoms with Crippen molar-refractivity contribution in [3.05, 3.63) is 24.2 Å². The van der Waals surface area contributed by atoms with Gasteiger partial charge >= 0.3 is 0 Å². The second kappa shape index (κ2) is 2.48. The molecule has 2 N–H and O–H groups in total.